The highest BCUT2D eigenvalue weighted by Gasteiger charge is 2.21. The van der Waals surface area contributed by atoms with Gasteiger partial charge in [0.25, 0.3) is 0 Å². The van der Waals surface area contributed by atoms with Crippen LogP contribution in [0.5, 0.6) is 0 Å². The maximum absolute atomic E-state index is 6.20. The first-order chi connectivity index (χ1) is 5.48. The average molecular weight is 208 g/mol. The summed E-state index contributed by atoms with van der Waals surface area (Å²) in [7, 11) is 0. The minimum Gasteiger partial charge on any atom is -0.344 e. The van der Waals surface area contributed by atoms with Crippen LogP contribution in [0.15, 0.2) is 0 Å². The summed E-state index contributed by atoms with van der Waals surface area (Å²) in [6, 6.07) is 0. The van der Waals surface area contributed by atoms with Crippen molar-refractivity contribution in [3.8, 4) is 0 Å². The van der Waals surface area contributed by atoms with E-state index in [9.17, 15) is 0 Å². The standard InChI is InChI=1S/C11H23Cl.H3N/c1-5-6-7-8-9-10(2)11(3,4)12;/h10H,5-9H2,1-4H3;1H3. The van der Waals surface area contributed by atoms with Gasteiger partial charge in [-0.2, -0.15) is 0 Å². The summed E-state index contributed by atoms with van der Waals surface area (Å²) < 4.78 is 0. The van der Waals surface area contributed by atoms with Crippen LogP contribution >= 0.6 is 11.6 Å². The van der Waals surface area contributed by atoms with Crippen LogP contribution in [0.1, 0.15) is 59.8 Å². The Labute approximate surface area is 88.8 Å². The van der Waals surface area contributed by atoms with E-state index in [2.05, 4.69) is 27.7 Å². The molecule has 0 amide bonds. The molecule has 0 fully saturated rings. The van der Waals surface area contributed by atoms with Gasteiger partial charge in [-0.05, 0) is 26.2 Å². The van der Waals surface area contributed by atoms with Crippen molar-refractivity contribution in [2.75, 3.05) is 0 Å². The quantitative estimate of drug-likeness (QED) is 0.494. The first-order valence-electron chi connectivity index (χ1n) is 5.17. The maximum atomic E-state index is 6.20. The third kappa shape index (κ3) is 8.58. The van der Waals surface area contributed by atoms with Crippen molar-refractivity contribution >= 4 is 11.6 Å². The molecule has 1 atom stereocenters. The molecule has 2 heteroatoms. The van der Waals surface area contributed by atoms with Crippen LogP contribution in [0, 0.1) is 5.92 Å². The molecule has 0 heterocycles. The predicted molar refractivity (Wildman–Crippen MR) is 62.9 cm³/mol. The molecule has 0 saturated heterocycles. The second kappa shape index (κ2) is 7.64. The summed E-state index contributed by atoms with van der Waals surface area (Å²) in [5.41, 5.74) is 0. The fourth-order valence-corrected chi connectivity index (χ4v) is 1.33. The second-order valence-electron chi connectivity index (χ2n) is 4.31. The van der Waals surface area contributed by atoms with Gasteiger partial charge in [0, 0.05) is 4.87 Å². The molecule has 0 aliphatic carbocycles. The van der Waals surface area contributed by atoms with Gasteiger partial charge in [0.15, 0.2) is 0 Å². The Morgan fingerprint density at radius 1 is 1.15 bits per heavy atom. The first-order valence-corrected chi connectivity index (χ1v) is 5.55. The summed E-state index contributed by atoms with van der Waals surface area (Å²) in [6.45, 7) is 8.71. The van der Waals surface area contributed by atoms with E-state index >= 15 is 0 Å². The molecule has 1 unspecified atom stereocenters. The number of unbranched alkanes of at least 4 members (excludes halogenated alkanes) is 3. The smallest absolute Gasteiger partial charge is 0.0416 e. The van der Waals surface area contributed by atoms with Crippen molar-refractivity contribution in [1.82, 2.24) is 6.15 Å². The summed E-state index contributed by atoms with van der Waals surface area (Å²) >= 11 is 6.20. The molecule has 0 spiro atoms. The molecular weight excluding hydrogens is 182 g/mol. The second-order valence-corrected chi connectivity index (χ2v) is 5.29. The number of hydrogen-bond acceptors (Lipinski definition) is 1. The molecule has 0 aliphatic heterocycles. The van der Waals surface area contributed by atoms with Crippen molar-refractivity contribution in [3.63, 3.8) is 0 Å². The third-order valence-electron chi connectivity index (χ3n) is 2.66. The molecule has 0 bridgehead atoms. The predicted octanol–water partition coefficient (Wildman–Crippen LogP) is 4.77. The normalized spacial score (nSPS) is 13.6. The molecular formula is C11H26ClN. The zero-order valence-corrected chi connectivity index (χ0v) is 10.5. The number of halogens is 1. The van der Waals surface area contributed by atoms with Gasteiger partial charge in [-0.3, -0.25) is 0 Å². The highest BCUT2D eigenvalue weighted by atomic mass is 35.5. The Kier molecular flexibility index (Phi) is 9.23. The Morgan fingerprint density at radius 2 is 1.69 bits per heavy atom. The first kappa shape index (κ1) is 15.7. The largest absolute Gasteiger partial charge is 0.344 e. The van der Waals surface area contributed by atoms with Crippen molar-refractivity contribution in [2.45, 2.75) is 64.7 Å². The van der Waals surface area contributed by atoms with E-state index in [1.165, 1.54) is 32.1 Å². The van der Waals surface area contributed by atoms with E-state index in [-0.39, 0.29) is 11.0 Å². The highest BCUT2D eigenvalue weighted by molar-refractivity contribution is 6.23. The van der Waals surface area contributed by atoms with Gasteiger partial charge < -0.3 is 6.15 Å². The van der Waals surface area contributed by atoms with E-state index in [1.807, 2.05) is 0 Å². The van der Waals surface area contributed by atoms with Crippen LogP contribution in [0.3, 0.4) is 0 Å². The lowest BCUT2D eigenvalue weighted by atomic mass is 9.91. The summed E-state index contributed by atoms with van der Waals surface area (Å²) in [6.07, 6.45) is 6.67. The Balaban J connectivity index is 0. The Bertz CT molecular complexity index is 107. The van der Waals surface area contributed by atoms with Gasteiger partial charge in [-0.1, -0.05) is 39.5 Å². The Hall–Kier alpha value is 0.250. The van der Waals surface area contributed by atoms with Crippen LogP contribution in [-0.4, -0.2) is 4.87 Å². The van der Waals surface area contributed by atoms with Crippen molar-refractivity contribution in [3.05, 3.63) is 0 Å². The molecule has 82 valence electrons. The molecule has 0 aromatic heterocycles. The average Bonchev–Trinajstić information content (AvgIpc) is 1.96. The zero-order chi connectivity index (χ0) is 9.61. The van der Waals surface area contributed by atoms with E-state index in [0.29, 0.717) is 5.92 Å². The van der Waals surface area contributed by atoms with Gasteiger partial charge in [-0.15, -0.1) is 11.6 Å². The zero-order valence-electron chi connectivity index (χ0n) is 9.70. The topological polar surface area (TPSA) is 35.0 Å². The number of rotatable bonds is 6. The van der Waals surface area contributed by atoms with Crippen molar-refractivity contribution < 1.29 is 0 Å². The summed E-state index contributed by atoms with van der Waals surface area (Å²) in [4.78, 5) is -0.0216. The van der Waals surface area contributed by atoms with Gasteiger partial charge in [-0.25, -0.2) is 0 Å². The van der Waals surface area contributed by atoms with Gasteiger partial charge in [0.05, 0.1) is 0 Å². The SMILES string of the molecule is CCCCCCC(C)C(C)(C)Cl.N. The summed E-state index contributed by atoms with van der Waals surface area (Å²) in [5, 5.41) is 0. The molecule has 0 saturated carbocycles. The highest BCUT2D eigenvalue weighted by Crippen LogP contribution is 2.28. The van der Waals surface area contributed by atoms with E-state index in [0.717, 1.165) is 0 Å². The summed E-state index contributed by atoms with van der Waals surface area (Å²) in [5.74, 6) is 0.635. The molecule has 0 aliphatic rings. The van der Waals surface area contributed by atoms with Gasteiger partial charge in [0.2, 0.25) is 0 Å². The maximum Gasteiger partial charge on any atom is 0.0416 e. The fraction of sp³-hybridized carbons (Fsp3) is 1.00. The lowest BCUT2D eigenvalue weighted by Gasteiger charge is -2.24. The monoisotopic (exact) mass is 207 g/mol. The molecule has 3 N–H and O–H groups in total. The minimum atomic E-state index is -0.0216. The molecule has 0 radical (unpaired) electrons. The van der Waals surface area contributed by atoms with Gasteiger partial charge >= 0.3 is 0 Å². The van der Waals surface area contributed by atoms with Crippen LogP contribution < -0.4 is 6.15 Å². The lowest BCUT2D eigenvalue weighted by Crippen LogP contribution is -2.21. The molecule has 1 nitrogen and oxygen atoms in total. The molecule has 0 aromatic carbocycles. The fourth-order valence-electron chi connectivity index (χ4n) is 1.22. The van der Waals surface area contributed by atoms with E-state index in [1.54, 1.807) is 0 Å². The van der Waals surface area contributed by atoms with Crippen molar-refractivity contribution in [2.24, 2.45) is 5.92 Å². The van der Waals surface area contributed by atoms with E-state index < -0.39 is 0 Å². The number of hydrogen-bond donors (Lipinski definition) is 1. The molecule has 0 rings (SSSR count). The Morgan fingerprint density at radius 3 is 2.08 bits per heavy atom. The van der Waals surface area contributed by atoms with Gasteiger partial charge in [0.1, 0.15) is 0 Å². The molecule has 0 aromatic rings. The third-order valence-corrected chi connectivity index (χ3v) is 3.04. The van der Waals surface area contributed by atoms with Crippen LogP contribution in [0.2, 0.25) is 0 Å². The number of alkyl halides is 1. The van der Waals surface area contributed by atoms with Crippen LogP contribution in [-0.2, 0) is 0 Å². The van der Waals surface area contributed by atoms with Crippen LogP contribution in [0.25, 0.3) is 0 Å². The van der Waals surface area contributed by atoms with E-state index in [4.69, 9.17) is 11.6 Å². The minimum absolute atomic E-state index is 0. The lowest BCUT2D eigenvalue weighted by molar-refractivity contribution is 0.402. The molecule has 13 heavy (non-hydrogen) atoms. The van der Waals surface area contributed by atoms with Crippen molar-refractivity contribution in [1.29, 1.82) is 0 Å². The van der Waals surface area contributed by atoms with Crippen LogP contribution in [0.4, 0.5) is 0 Å².